The average molecular weight is 198 g/mol. The molecule has 1 amide bonds. The van der Waals surface area contributed by atoms with E-state index in [1.807, 2.05) is 11.9 Å². The van der Waals surface area contributed by atoms with E-state index in [2.05, 4.69) is 19.2 Å². The Hall–Kier alpha value is -0.570. The lowest BCUT2D eigenvalue weighted by atomic mass is 9.85. The first-order valence-corrected chi connectivity index (χ1v) is 5.47. The van der Waals surface area contributed by atoms with Crippen molar-refractivity contribution >= 4 is 5.91 Å². The molecule has 3 nitrogen and oxygen atoms in total. The second-order valence-electron chi connectivity index (χ2n) is 4.93. The van der Waals surface area contributed by atoms with Gasteiger partial charge in [-0.1, -0.05) is 13.8 Å². The van der Waals surface area contributed by atoms with Crippen molar-refractivity contribution in [2.45, 2.75) is 33.1 Å². The highest BCUT2D eigenvalue weighted by Gasteiger charge is 2.24. The molecule has 1 fully saturated rings. The van der Waals surface area contributed by atoms with Gasteiger partial charge < -0.3 is 10.2 Å². The van der Waals surface area contributed by atoms with Crippen LogP contribution in [0.5, 0.6) is 0 Å². The number of rotatable bonds is 2. The van der Waals surface area contributed by atoms with Crippen LogP contribution >= 0.6 is 0 Å². The number of hydrogen-bond acceptors (Lipinski definition) is 2. The van der Waals surface area contributed by atoms with Gasteiger partial charge in [-0.05, 0) is 31.7 Å². The lowest BCUT2D eigenvalue weighted by Gasteiger charge is -2.23. The van der Waals surface area contributed by atoms with E-state index in [0.29, 0.717) is 12.0 Å². The highest BCUT2D eigenvalue weighted by molar-refractivity contribution is 5.78. The second kappa shape index (κ2) is 4.78. The summed E-state index contributed by atoms with van der Waals surface area (Å²) in [7, 11) is 1.82. The van der Waals surface area contributed by atoms with Gasteiger partial charge in [0.1, 0.15) is 0 Å². The van der Waals surface area contributed by atoms with Crippen LogP contribution in [0.2, 0.25) is 0 Å². The summed E-state index contributed by atoms with van der Waals surface area (Å²) in [6.07, 6.45) is 3.50. The molecule has 1 aliphatic heterocycles. The Labute approximate surface area is 86.9 Å². The van der Waals surface area contributed by atoms with Gasteiger partial charge in [0.2, 0.25) is 5.91 Å². The standard InChI is InChI=1S/C11H22N2O/c1-11(2)5-4-7-13(8-6-11)10(14)9-12-3/h12H,4-9H2,1-3H3. The van der Waals surface area contributed by atoms with E-state index >= 15 is 0 Å². The van der Waals surface area contributed by atoms with Gasteiger partial charge in [-0.3, -0.25) is 4.79 Å². The summed E-state index contributed by atoms with van der Waals surface area (Å²) >= 11 is 0. The first kappa shape index (κ1) is 11.5. The predicted octanol–water partition coefficient (Wildman–Crippen LogP) is 1.24. The molecule has 82 valence electrons. The maximum atomic E-state index is 11.6. The van der Waals surface area contributed by atoms with Gasteiger partial charge in [-0.25, -0.2) is 0 Å². The quantitative estimate of drug-likeness (QED) is 0.724. The summed E-state index contributed by atoms with van der Waals surface area (Å²) in [5.74, 6) is 0.241. The zero-order valence-electron chi connectivity index (χ0n) is 9.60. The zero-order chi connectivity index (χ0) is 10.6. The lowest BCUT2D eigenvalue weighted by Crippen LogP contribution is -2.38. The van der Waals surface area contributed by atoms with E-state index in [-0.39, 0.29) is 5.91 Å². The Morgan fingerprint density at radius 2 is 2.07 bits per heavy atom. The van der Waals surface area contributed by atoms with Crippen LogP contribution in [0.15, 0.2) is 0 Å². The SMILES string of the molecule is CNCC(=O)N1CCCC(C)(C)CC1. The largest absolute Gasteiger partial charge is 0.342 e. The third-order valence-electron chi connectivity index (χ3n) is 3.02. The molecule has 0 aromatic heterocycles. The van der Waals surface area contributed by atoms with Gasteiger partial charge in [0.15, 0.2) is 0 Å². The molecule has 1 heterocycles. The molecule has 0 aromatic rings. The van der Waals surface area contributed by atoms with Crippen LogP contribution < -0.4 is 5.32 Å². The summed E-state index contributed by atoms with van der Waals surface area (Å²) in [4.78, 5) is 13.6. The lowest BCUT2D eigenvalue weighted by molar-refractivity contribution is -0.130. The normalized spacial score (nSPS) is 21.8. The van der Waals surface area contributed by atoms with Crippen LogP contribution in [-0.4, -0.2) is 37.5 Å². The maximum absolute atomic E-state index is 11.6. The van der Waals surface area contributed by atoms with Gasteiger partial charge in [0.25, 0.3) is 0 Å². The fourth-order valence-corrected chi connectivity index (χ4v) is 1.94. The van der Waals surface area contributed by atoms with Crippen LogP contribution in [0.4, 0.5) is 0 Å². The Kier molecular flexibility index (Phi) is 3.93. The second-order valence-corrected chi connectivity index (χ2v) is 4.93. The molecule has 0 unspecified atom stereocenters. The van der Waals surface area contributed by atoms with Crippen LogP contribution in [0, 0.1) is 5.41 Å². The molecule has 0 atom stereocenters. The van der Waals surface area contributed by atoms with Crippen LogP contribution in [0.3, 0.4) is 0 Å². The number of hydrogen-bond donors (Lipinski definition) is 1. The topological polar surface area (TPSA) is 32.3 Å². The fourth-order valence-electron chi connectivity index (χ4n) is 1.94. The van der Waals surface area contributed by atoms with Crippen LogP contribution in [-0.2, 0) is 4.79 Å². The number of amides is 1. The Morgan fingerprint density at radius 1 is 1.36 bits per heavy atom. The molecule has 1 saturated heterocycles. The number of nitrogens with zero attached hydrogens (tertiary/aromatic N) is 1. The minimum absolute atomic E-state index is 0.241. The van der Waals surface area contributed by atoms with Crippen molar-refractivity contribution < 1.29 is 4.79 Å². The summed E-state index contributed by atoms with van der Waals surface area (Å²) in [5.41, 5.74) is 0.411. The first-order chi connectivity index (χ1) is 6.55. The smallest absolute Gasteiger partial charge is 0.236 e. The van der Waals surface area contributed by atoms with Crippen molar-refractivity contribution in [2.75, 3.05) is 26.7 Å². The predicted molar refractivity (Wildman–Crippen MR) is 58.1 cm³/mol. The van der Waals surface area contributed by atoms with Gasteiger partial charge in [0.05, 0.1) is 6.54 Å². The minimum atomic E-state index is 0.241. The van der Waals surface area contributed by atoms with Crippen LogP contribution in [0.1, 0.15) is 33.1 Å². The molecule has 0 saturated carbocycles. The van der Waals surface area contributed by atoms with Crippen molar-refractivity contribution in [3.05, 3.63) is 0 Å². The molecular formula is C11H22N2O. The van der Waals surface area contributed by atoms with Crippen molar-refractivity contribution in [3.8, 4) is 0 Å². The van der Waals surface area contributed by atoms with E-state index < -0.39 is 0 Å². The van der Waals surface area contributed by atoms with Crippen molar-refractivity contribution in [2.24, 2.45) is 5.41 Å². The summed E-state index contributed by atoms with van der Waals surface area (Å²) in [6, 6.07) is 0. The van der Waals surface area contributed by atoms with Gasteiger partial charge in [0, 0.05) is 13.1 Å². The van der Waals surface area contributed by atoms with Gasteiger partial charge in [-0.15, -0.1) is 0 Å². The third-order valence-corrected chi connectivity index (χ3v) is 3.02. The number of likely N-dealkylation sites (tertiary alicyclic amines) is 1. The van der Waals surface area contributed by atoms with Gasteiger partial charge in [-0.2, -0.15) is 0 Å². The maximum Gasteiger partial charge on any atom is 0.236 e. The van der Waals surface area contributed by atoms with E-state index in [4.69, 9.17) is 0 Å². The van der Waals surface area contributed by atoms with Crippen LogP contribution in [0.25, 0.3) is 0 Å². The summed E-state index contributed by atoms with van der Waals surface area (Å²) in [6.45, 7) is 6.91. The van der Waals surface area contributed by atoms with E-state index in [0.717, 1.165) is 25.9 Å². The Balaban J connectivity index is 2.45. The summed E-state index contributed by atoms with van der Waals surface area (Å²) in [5, 5.41) is 2.91. The molecule has 0 aliphatic carbocycles. The highest BCUT2D eigenvalue weighted by Crippen LogP contribution is 2.29. The monoisotopic (exact) mass is 198 g/mol. The highest BCUT2D eigenvalue weighted by atomic mass is 16.2. The Morgan fingerprint density at radius 3 is 2.71 bits per heavy atom. The van der Waals surface area contributed by atoms with Crippen molar-refractivity contribution in [1.82, 2.24) is 10.2 Å². The molecule has 1 rings (SSSR count). The van der Waals surface area contributed by atoms with Crippen molar-refractivity contribution in [3.63, 3.8) is 0 Å². The number of nitrogens with one attached hydrogen (secondary N) is 1. The van der Waals surface area contributed by atoms with E-state index in [9.17, 15) is 4.79 Å². The molecule has 1 N–H and O–H groups in total. The Bertz CT molecular complexity index is 201. The number of carbonyl (C=O) groups is 1. The molecule has 0 radical (unpaired) electrons. The minimum Gasteiger partial charge on any atom is -0.342 e. The molecule has 0 spiro atoms. The average Bonchev–Trinajstić information content (AvgIpc) is 2.27. The molecular weight excluding hydrogens is 176 g/mol. The molecule has 1 aliphatic rings. The van der Waals surface area contributed by atoms with Crippen molar-refractivity contribution in [1.29, 1.82) is 0 Å². The van der Waals surface area contributed by atoms with E-state index in [1.54, 1.807) is 0 Å². The third kappa shape index (κ3) is 3.29. The zero-order valence-corrected chi connectivity index (χ0v) is 9.60. The number of likely N-dealkylation sites (N-methyl/N-ethyl adjacent to an activating group) is 1. The molecule has 14 heavy (non-hydrogen) atoms. The van der Waals surface area contributed by atoms with E-state index in [1.165, 1.54) is 6.42 Å². The van der Waals surface area contributed by atoms with Gasteiger partial charge >= 0.3 is 0 Å². The fraction of sp³-hybridized carbons (Fsp3) is 0.909. The summed E-state index contributed by atoms with van der Waals surface area (Å²) < 4.78 is 0. The molecule has 3 heteroatoms. The number of carbonyl (C=O) groups excluding carboxylic acids is 1. The molecule has 0 aromatic carbocycles. The molecule has 0 bridgehead atoms. The first-order valence-electron chi connectivity index (χ1n) is 5.47.